The van der Waals surface area contributed by atoms with Gasteiger partial charge in [-0.3, -0.25) is 10.1 Å². The van der Waals surface area contributed by atoms with Crippen LogP contribution in [-0.2, 0) is 4.74 Å². The van der Waals surface area contributed by atoms with Gasteiger partial charge in [0.1, 0.15) is 5.69 Å². The summed E-state index contributed by atoms with van der Waals surface area (Å²) < 4.78 is 4.99. The van der Waals surface area contributed by atoms with E-state index in [2.05, 4.69) is 20.6 Å². The van der Waals surface area contributed by atoms with Gasteiger partial charge in [0.15, 0.2) is 0 Å². The molecule has 1 aromatic heterocycles. The predicted molar refractivity (Wildman–Crippen MR) is 77.2 cm³/mol. The Hall–Kier alpha value is -1.96. The number of nitrogens with one attached hydrogen (secondary N) is 2. The van der Waals surface area contributed by atoms with Crippen LogP contribution in [0.2, 0.25) is 0 Å². The lowest BCUT2D eigenvalue weighted by molar-refractivity contribution is -0.385. The van der Waals surface area contributed by atoms with Crippen LogP contribution < -0.4 is 10.6 Å². The van der Waals surface area contributed by atoms with Gasteiger partial charge in [0.2, 0.25) is 11.8 Å². The molecule has 2 N–H and O–H groups in total. The molecule has 8 nitrogen and oxygen atoms in total. The molecule has 1 atom stereocenters. The van der Waals surface area contributed by atoms with E-state index in [1.165, 1.54) is 0 Å². The zero-order chi connectivity index (χ0) is 15.1. The average molecular weight is 283 g/mol. The van der Waals surface area contributed by atoms with Crippen molar-refractivity contribution in [3.05, 3.63) is 15.8 Å². The molecule has 0 spiro atoms. The quantitative estimate of drug-likeness (QED) is 0.555. The van der Waals surface area contributed by atoms with Gasteiger partial charge in [-0.2, -0.15) is 4.98 Å². The van der Waals surface area contributed by atoms with Crippen molar-refractivity contribution >= 4 is 17.5 Å². The standard InChI is InChI=1S/C12H21N5O3/c1-5-13-12-15-9(3)10(17(18)19)11(16-12)14-8(2)6-7-20-4/h8H,5-7H2,1-4H3,(H2,13,14,15,16). The topological polar surface area (TPSA) is 102 Å². The third-order valence-electron chi connectivity index (χ3n) is 2.71. The van der Waals surface area contributed by atoms with E-state index in [1.54, 1.807) is 14.0 Å². The summed E-state index contributed by atoms with van der Waals surface area (Å²) in [5.74, 6) is 0.624. The number of hydrogen-bond acceptors (Lipinski definition) is 7. The number of hydrogen-bond donors (Lipinski definition) is 2. The second kappa shape index (κ2) is 7.59. The number of nitro groups is 1. The first-order valence-corrected chi connectivity index (χ1v) is 6.52. The van der Waals surface area contributed by atoms with Gasteiger partial charge in [-0.05, 0) is 27.2 Å². The Morgan fingerprint density at radius 2 is 2.15 bits per heavy atom. The SMILES string of the molecule is CCNc1nc(C)c([N+](=O)[O-])c(NC(C)CCOC)n1. The van der Waals surface area contributed by atoms with Crippen LogP contribution >= 0.6 is 0 Å². The minimum atomic E-state index is -0.462. The molecule has 0 fully saturated rings. The van der Waals surface area contributed by atoms with Gasteiger partial charge in [0.05, 0.1) is 4.92 Å². The summed E-state index contributed by atoms with van der Waals surface area (Å²) in [5, 5.41) is 17.2. The van der Waals surface area contributed by atoms with Crippen molar-refractivity contribution in [1.82, 2.24) is 9.97 Å². The van der Waals surface area contributed by atoms with Crippen LogP contribution in [0.1, 0.15) is 26.0 Å². The first-order valence-electron chi connectivity index (χ1n) is 6.52. The first kappa shape index (κ1) is 16.1. The van der Waals surface area contributed by atoms with Gasteiger partial charge in [0.25, 0.3) is 0 Å². The molecule has 20 heavy (non-hydrogen) atoms. The Morgan fingerprint density at radius 1 is 1.45 bits per heavy atom. The lowest BCUT2D eigenvalue weighted by Gasteiger charge is -2.15. The zero-order valence-electron chi connectivity index (χ0n) is 12.3. The molecule has 0 saturated heterocycles. The lowest BCUT2D eigenvalue weighted by atomic mass is 10.2. The monoisotopic (exact) mass is 283 g/mol. The molecular weight excluding hydrogens is 262 g/mol. The van der Waals surface area contributed by atoms with E-state index in [1.807, 2.05) is 13.8 Å². The van der Waals surface area contributed by atoms with Gasteiger partial charge in [-0.15, -0.1) is 0 Å². The molecule has 8 heteroatoms. The molecule has 0 radical (unpaired) electrons. The number of aromatic nitrogens is 2. The summed E-state index contributed by atoms with van der Waals surface area (Å²) in [6, 6.07) is 0.0115. The highest BCUT2D eigenvalue weighted by Gasteiger charge is 2.23. The normalized spacial score (nSPS) is 12.0. The smallest absolute Gasteiger partial charge is 0.332 e. The zero-order valence-corrected chi connectivity index (χ0v) is 12.3. The number of ether oxygens (including phenoxy) is 1. The Kier molecular flexibility index (Phi) is 6.10. The molecule has 0 aliphatic rings. The third-order valence-corrected chi connectivity index (χ3v) is 2.71. The van der Waals surface area contributed by atoms with Crippen LogP contribution in [0.5, 0.6) is 0 Å². The molecule has 1 rings (SSSR count). The van der Waals surface area contributed by atoms with E-state index in [9.17, 15) is 10.1 Å². The molecule has 1 aromatic rings. The molecule has 112 valence electrons. The van der Waals surface area contributed by atoms with Crippen molar-refractivity contribution in [1.29, 1.82) is 0 Å². The number of rotatable bonds is 8. The fraction of sp³-hybridized carbons (Fsp3) is 0.667. The van der Waals surface area contributed by atoms with Gasteiger partial charge in [-0.1, -0.05) is 0 Å². The molecule has 0 aliphatic heterocycles. The fourth-order valence-electron chi connectivity index (χ4n) is 1.72. The van der Waals surface area contributed by atoms with Crippen molar-refractivity contribution in [2.24, 2.45) is 0 Å². The van der Waals surface area contributed by atoms with Crippen LogP contribution in [0.25, 0.3) is 0 Å². The van der Waals surface area contributed by atoms with Crippen molar-refractivity contribution < 1.29 is 9.66 Å². The fourth-order valence-corrected chi connectivity index (χ4v) is 1.72. The van der Waals surface area contributed by atoms with Crippen LogP contribution in [0.15, 0.2) is 0 Å². The summed E-state index contributed by atoms with van der Waals surface area (Å²) in [4.78, 5) is 18.9. The molecule has 0 bridgehead atoms. The largest absolute Gasteiger partial charge is 0.385 e. The minimum absolute atomic E-state index is 0.0115. The van der Waals surface area contributed by atoms with Crippen molar-refractivity contribution in [3.8, 4) is 0 Å². The third kappa shape index (κ3) is 4.30. The molecule has 0 aliphatic carbocycles. The van der Waals surface area contributed by atoms with E-state index in [0.29, 0.717) is 24.8 Å². The van der Waals surface area contributed by atoms with Gasteiger partial charge in [-0.25, -0.2) is 4.98 Å². The maximum Gasteiger partial charge on any atom is 0.332 e. The molecule has 1 heterocycles. The Balaban J connectivity index is 3.03. The van der Waals surface area contributed by atoms with E-state index in [4.69, 9.17) is 4.74 Å². The summed E-state index contributed by atoms with van der Waals surface area (Å²) in [5.41, 5.74) is 0.248. The van der Waals surface area contributed by atoms with E-state index in [0.717, 1.165) is 6.42 Å². The number of methoxy groups -OCH3 is 1. The predicted octanol–water partition coefficient (Wildman–Crippen LogP) is 1.96. The maximum absolute atomic E-state index is 11.1. The van der Waals surface area contributed by atoms with Crippen LogP contribution in [0, 0.1) is 17.0 Å². The van der Waals surface area contributed by atoms with E-state index in [-0.39, 0.29) is 17.5 Å². The second-order valence-corrected chi connectivity index (χ2v) is 4.44. The average Bonchev–Trinajstić information content (AvgIpc) is 2.35. The number of nitrogens with zero attached hydrogens (tertiary/aromatic N) is 3. The molecule has 0 amide bonds. The number of anilines is 2. The Morgan fingerprint density at radius 3 is 2.70 bits per heavy atom. The highest BCUT2D eigenvalue weighted by Crippen LogP contribution is 2.27. The van der Waals surface area contributed by atoms with Gasteiger partial charge < -0.3 is 15.4 Å². The van der Waals surface area contributed by atoms with Gasteiger partial charge in [0, 0.05) is 26.3 Å². The molecule has 0 saturated carbocycles. The molecule has 0 aromatic carbocycles. The van der Waals surface area contributed by atoms with Gasteiger partial charge >= 0.3 is 5.69 Å². The highest BCUT2D eigenvalue weighted by molar-refractivity contribution is 5.61. The van der Waals surface area contributed by atoms with Crippen molar-refractivity contribution in [2.45, 2.75) is 33.2 Å². The van der Waals surface area contributed by atoms with E-state index < -0.39 is 4.92 Å². The summed E-state index contributed by atoms with van der Waals surface area (Å²) in [7, 11) is 1.62. The summed E-state index contributed by atoms with van der Waals surface area (Å²) in [6.45, 7) is 6.66. The first-order chi connectivity index (χ1) is 9.49. The summed E-state index contributed by atoms with van der Waals surface area (Å²) in [6.07, 6.45) is 0.729. The van der Waals surface area contributed by atoms with Crippen molar-refractivity contribution in [3.63, 3.8) is 0 Å². The highest BCUT2D eigenvalue weighted by atomic mass is 16.6. The molecule has 1 unspecified atom stereocenters. The van der Waals surface area contributed by atoms with Crippen LogP contribution in [-0.4, -0.2) is 41.2 Å². The Labute approximate surface area is 118 Å². The lowest BCUT2D eigenvalue weighted by Crippen LogP contribution is -2.20. The van der Waals surface area contributed by atoms with Crippen LogP contribution in [0.4, 0.5) is 17.5 Å². The number of aryl methyl sites for hydroxylation is 1. The minimum Gasteiger partial charge on any atom is -0.385 e. The van der Waals surface area contributed by atoms with E-state index >= 15 is 0 Å². The van der Waals surface area contributed by atoms with Crippen molar-refractivity contribution in [2.75, 3.05) is 30.9 Å². The maximum atomic E-state index is 11.1. The summed E-state index contributed by atoms with van der Waals surface area (Å²) >= 11 is 0. The second-order valence-electron chi connectivity index (χ2n) is 4.44. The molecular formula is C12H21N5O3. The Bertz CT molecular complexity index is 467. The van der Waals surface area contributed by atoms with Crippen LogP contribution in [0.3, 0.4) is 0 Å².